The Morgan fingerprint density at radius 1 is 0.737 bits per heavy atom. The summed E-state index contributed by atoms with van der Waals surface area (Å²) in [5.74, 6) is 0. The highest BCUT2D eigenvalue weighted by molar-refractivity contribution is 7.87. The number of nitrogens with one attached hydrogen (secondary N) is 1. The molecule has 3 heteroatoms. The van der Waals surface area contributed by atoms with Crippen molar-refractivity contribution in [1.29, 1.82) is 0 Å². The van der Waals surface area contributed by atoms with Crippen molar-refractivity contribution in [2.24, 2.45) is 0 Å². The first-order valence-corrected chi connectivity index (χ1v) is 8.64. The summed E-state index contributed by atoms with van der Waals surface area (Å²) in [4.78, 5) is 0. The third kappa shape index (κ3) is 2.91. The molecule has 1 aliphatic rings. The van der Waals surface area contributed by atoms with Gasteiger partial charge in [0.05, 0.1) is 6.16 Å². The molecule has 100 valence electrons. The third-order valence-corrected chi connectivity index (χ3v) is 7.81. The highest BCUT2D eigenvalue weighted by Gasteiger charge is 2.43. The van der Waals surface area contributed by atoms with Crippen LogP contribution in [-0.2, 0) is 0 Å². The van der Waals surface area contributed by atoms with Gasteiger partial charge in [0.15, 0.2) is 0 Å². The van der Waals surface area contributed by atoms with Crippen molar-refractivity contribution in [1.82, 2.24) is 5.09 Å². The maximum Gasteiger partial charge on any atom is 0.145 e. The Hall–Kier alpha value is -0.690. The van der Waals surface area contributed by atoms with Gasteiger partial charge in [-0.2, -0.15) is 5.09 Å². The van der Waals surface area contributed by atoms with Gasteiger partial charge in [-0.05, 0) is 37.1 Å². The summed E-state index contributed by atoms with van der Waals surface area (Å²) in [6.07, 6.45) is 3.94. The lowest BCUT2D eigenvalue weighted by molar-refractivity contribution is -0.00000363. The average molecular weight is 336 g/mol. The van der Waals surface area contributed by atoms with Crippen LogP contribution in [0.4, 0.5) is 0 Å². The van der Waals surface area contributed by atoms with Crippen LogP contribution in [0.1, 0.15) is 12.8 Å². The van der Waals surface area contributed by atoms with Crippen LogP contribution in [0, 0.1) is 0 Å². The Morgan fingerprint density at radius 3 is 1.68 bits per heavy atom. The van der Waals surface area contributed by atoms with E-state index in [-0.39, 0.29) is 17.0 Å². The number of halogens is 1. The molecule has 1 saturated heterocycles. The van der Waals surface area contributed by atoms with Crippen LogP contribution in [0.5, 0.6) is 0 Å². The van der Waals surface area contributed by atoms with Crippen LogP contribution in [0.2, 0.25) is 0 Å². The molecule has 0 saturated carbocycles. The highest BCUT2D eigenvalue weighted by Crippen LogP contribution is 2.54. The summed E-state index contributed by atoms with van der Waals surface area (Å²) < 4.78 is 0. The molecule has 1 heterocycles. The minimum atomic E-state index is -1.34. The van der Waals surface area contributed by atoms with E-state index in [0.717, 1.165) is 6.54 Å². The Labute approximate surface area is 126 Å². The van der Waals surface area contributed by atoms with Crippen LogP contribution >= 0.6 is 7.41 Å². The second-order valence-corrected chi connectivity index (χ2v) is 8.24. The summed E-state index contributed by atoms with van der Waals surface area (Å²) in [5.41, 5.74) is 0. The Kier molecular flexibility index (Phi) is 5.15. The number of rotatable bonds is 2. The summed E-state index contributed by atoms with van der Waals surface area (Å²) in [7, 11) is -1.34. The predicted octanol–water partition coefficient (Wildman–Crippen LogP) is -0.0426. The van der Waals surface area contributed by atoms with Gasteiger partial charge >= 0.3 is 0 Å². The summed E-state index contributed by atoms with van der Waals surface area (Å²) >= 11 is 0. The van der Waals surface area contributed by atoms with Crippen molar-refractivity contribution < 1.29 is 17.0 Å². The molecule has 19 heavy (non-hydrogen) atoms. The van der Waals surface area contributed by atoms with E-state index >= 15 is 0 Å². The molecule has 1 aliphatic heterocycles. The molecule has 2 aromatic carbocycles. The molecule has 1 nitrogen and oxygen atoms in total. The molecule has 0 aliphatic carbocycles. The van der Waals surface area contributed by atoms with Gasteiger partial charge in [-0.1, -0.05) is 36.4 Å². The van der Waals surface area contributed by atoms with Crippen LogP contribution in [0.25, 0.3) is 0 Å². The summed E-state index contributed by atoms with van der Waals surface area (Å²) in [5, 5.41) is 6.87. The predicted molar refractivity (Wildman–Crippen MR) is 81.2 cm³/mol. The van der Waals surface area contributed by atoms with Gasteiger partial charge < -0.3 is 17.0 Å². The molecular formula is C16H19BrNP. The average Bonchev–Trinajstić information content (AvgIpc) is 2.50. The SMILES string of the molecule is [Br-].c1ccc([P+]2(c3ccccc3)CCCCN2)cc1. The van der Waals surface area contributed by atoms with Crippen molar-refractivity contribution in [2.45, 2.75) is 12.8 Å². The first-order chi connectivity index (χ1) is 8.92. The molecule has 1 N–H and O–H groups in total. The Bertz CT molecular complexity index is 453. The van der Waals surface area contributed by atoms with Gasteiger partial charge in [-0.15, -0.1) is 0 Å². The van der Waals surface area contributed by atoms with Crippen molar-refractivity contribution in [3.05, 3.63) is 60.7 Å². The maximum absolute atomic E-state index is 3.88. The van der Waals surface area contributed by atoms with Gasteiger partial charge in [0.25, 0.3) is 0 Å². The van der Waals surface area contributed by atoms with E-state index in [4.69, 9.17) is 0 Å². The van der Waals surface area contributed by atoms with E-state index in [9.17, 15) is 0 Å². The fourth-order valence-corrected chi connectivity index (χ4v) is 6.72. The smallest absolute Gasteiger partial charge is 0.145 e. The van der Waals surface area contributed by atoms with Gasteiger partial charge in [-0.3, -0.25) is 0 Å². The zero-order chi connectivity index (χ0) is 12.3. The van der Waals surface area contributed by atoms with E-state index in [1.807, 2.05) is 0 Å². The van der Waals surface area contributed by atoms with Crippen molar-refractivity contribution >= 4 is 18.0 Å². The first-order valence-electron chi connectivity index (χ1n) is 6.66. The molecule has 0 aromatic heterocycles. The third-order valence-electron chi connectivity index (χ3n) is 3.70. The number of hydrogen-bond acceptors (Lipinski definition) is 1. The van der Waals surface area contributed by atoms with Crippen molar-refractivity contribution in [2.75, 3.05) is 12.7 Å². The zero-order valence-corrected chi connectivity index (χ0v) is 13.4. The van der Waals surface area contributed by atoms with Crippen LogP contribution in [-0.4, -0.2) is 12.7 Å². The maximum atomic E-state index is 3.88. The van der Waals surface area contributed by atoms with Crippen molar-refractivity contribution in [3.8, 4) is 0 Å². The molecule has 0 atom stereocenters. The molecule has 0 spiro atoms. The monoisotopic (exact) mass is 335 g/mol. The molecule has 0 radical (unpaired) electrons. The second kappa shape index (κ2) is 6.65. The molecule has 0 unspecified atom stereocenters. The van der Waals surface area contributed by atoms with E-state index in [2.05, 4.69) is 65.8 Å². The fraction of sp³-hybridized carbons (Fsp3) is 0.250. The molecule has 0 bridgehead atoms. The van der Waals surface area contributed by atoms with Crippen LogP contribution in [0.3, 0.4) is 0 Å². The first kappa shape index (κ1) is 14.7. The standard InChI is InChI=1S/C16H19NP.BrH/c1-3-9-15(10-4-1)18(14-8-7-13-17-18)16-11-5-2-6-12-16;/h1-6,9-12,17H,7-8,13-14H2;1H/q+1;/p-1. The normalized spacial score (nSPS) is 17.5. The molecule has 3 rings (SSSR count). The van der Waals surface area contributed by atoms with E-state index in [0.29, 0.717) is 0 Å². The highest BCUT2D eigenvalue weighted by atomic mass is 79.9. The van der Waals surface area contributed by atoms with E-state index < -0.39 is 7.41 Å². The van der Waals surface area contributed by atoms with Gasteiger partial charge in [0, 0.05) is 6.54 Å². The summed E-state index contributed by atoms with van der Waals surface area (Å²) in [6.45, 7) is 1.15. The van der Waals surface area contributed by atoms with Gasteiger partial charge in [0.1, 0.15) is 18.0 Å². The lowest BCUT2D eigenvalue weighted by Gasteiger charge is -2.31. The number of benzene rings is 2. The van der Waals surface area contributed by atoms with Crippen LogP contribution in [0.15, 0.2) is 60.7 Å². The lowest BCUT2D eigenvalue weighted by Crippen LogP contribution is -3.00. The van der Waals surface area contributed by atoms with Crippen molar-refractivity contribution in [3.63, 3.8) is 0 Å². The van der Waals surface area contributed by atoms with Gasteiger partial charge in [0.2, 0.25) is 0 Å². The topological polar surface area (TPSA) is 12.0 Å². The lowest BCUT2D eigenvalue weighted by atomic mass is 10.3. The second-order valence-electron chi connectivity index (χ2n) is 4.82. The van der Waals surface area contributed by atoms with E-state index in [1.165, 1.54) is 29.6 Å². The Morgan fingerprint density at radius 2 is 1.26 bits per heavy atom. The fourth-order valence-electron chi connectivity index (χ4n) is 2.78. The molecule has 2 aromatic rings. The zero-order valence-electron chi connectivity index (χ0n) is 10.9. The molecular weight excluding hydrogens is 317 g/mol. The molecule has 0 amide bonds. The minimum absolute atomic E-state index is 0. The van der Waals surface area contributed by atoms with E-state index in [1.54, 1.807) is 0 Å². The van der Waals surface area contributed by atoms with Crippen LogP contribution < -0.4 is 32.7 Å². The Balaban J connectivity index is 0.00000133. The largest absolute Gasteiger partial charge is 1.00 e. The number of hydrogen-bond donors (Lipinski definition) is 1. The minimum Gasteiger partial charge on any atom is -1.00 e. The molecule has 1 fully saturated rings. The van der Waals surface area contributed by atoms with Gasteiger partial charge in [-0.25, -0.2) is 0 Å². The quantitative estimate of drug-likeness (QED) is 0.759. The summed E-state index contributed by atoms with van der Waals surface area (Å²) in [6, 6.07) is 22.0.